The lowest BCUT2D eigenvalue weighted by Crippen LogP contribution is -2.12. The average molecular weight is 312 g/mol. The fraction of sp³-hybridized carbons (Fsp3) is 0.0714. The van der Waals surface area contributed by atoms with Gasteiger partial charge in [0.15, 0.2) is 0 Å². The Bertz CT molecular complexity index is 659. The highest BCUT2D eigenvalue weighted by molar-refractivity contribution is 6.36. The minimum absolute atomic E-state index is 0.0451. The Labute approximate surface area is 125 Å². The molecule has 0 heterocycles. The van der Waals surface area contributed by atoms with E-state index in [1.54, 1.807) is 18.2 Å². The predicted molar refractivity (Wildman–Crippen MR) is 79.1 cm³/mol. The first kappa shape index (κ1) is 14.5. The summed E-state index contributed by atoms with van der Waals surface area (Å²) in [4.78, 5) is 12.1. The van der Waals surface area contributed by atoms with Crippen molar-refractivity contribution in [1.29, 1.82) is 0 Å². The first-order valence-electron chi connectivity index (χ1n) is 5.64. The van der Waals surface area contributed by atoms with Gasteiger partial charge in [-0.1, -0.05) is 23.2 Å². The van der Waals surface area contributed by atoms with E-state index < -0.39 is 5.91 Å². The Hall–Kier alpha value is -1.91. The number of benzene rings is 2. The van der Waals surface area contributed by atoms with E-state index in [1.165, 1.54) is 25.3 Å². The van der Waals surface area contributed by atoms with Gasteiger partial charge in [0.25, 0.3) is 5.91 Å². The van der Waals surface area contributed by atoms with Gasteiger partial charge in [-0.15, -0.1) is 0 Å². The monoisotopic (exact) mass is 311 g/mol. The van der Waals surface area contributed by atoms with Crippen LogP contribution in [0.15, 0.2) is 36.4 Å². The molecule has 0 bridgehead atoms. The fourth-order valence-electron chi connectivity index (χ4n) is 1.60. The normalized spacial score (nSPS) is 10.2. The molecule has 0 aliphatic heterocycles. The van der Waals surface area contributed by atoms with Crippen molar-refractivity contribution in [2.45, 2.75) is 0 Å². The lowest BCUT2D eigenvalue weighted by Gasteiger charge is -2.10. The van der Waals surface area contributed by atoms with E-state index in [4.69, 9.17) is 27.9 Å². The van der Waals surface area contributed by atoms with Gasteiger partial charge in [-0.3, -0.25) is 4.79 Å². The van der Waals surface area contributed by atoms with Crippen LogP contribution in [0.5, 0.6) is 11.5 Å². The molecule has 0 unspecified atom stereocenters. The topological polar surface area (TPSA) is 58.6 Å². The average Bonchev–Trinajstić information content (AvgIpc) is 2.43. The molecule has 0 fully saturated rings. The first-order valence-corrected chi connectivity index (χ1v) is 6.40. The number of aromatic hydroxyl groups is 1. The number of amides is 1. The van der Waals surface area contributed by atoms with Gasteiger partial charge < -0.3 is 15.2 Å². The maximum absolute atomic E-state index is 12.1. The smallest absolute Gasteiger partial charge is 0.257 e. The summed E-state index contributed by atoms with van der Waals surface area (Å²) < 4.78 is 5.06. The number of phenols is 1. The summed E-state index contributed by atoms with van der Waals surface area (Å²) in [6.45, 7) is 0. The highest BCUT2D eigenvalue weighted by Gasteiger charge is 2.13. The molecular weight excluding hydrogens is 301 g/mol. The molecule has 0 aromatic heterocycles. The number of phenolic OH excluding ortho intramolecular Hbond substituents is 1. The summed E-state index contributed by atoms with van der Waals surface area (Å²) in [7, 11) is 1.51. The Balaban J connectivity index is 2.30. The van der Waals surface area contributed by atoms with Gasteiger partial charge in [-0.2, -0.15) is 0 Å². The third-order valence-corrected chi connectivity index (χ3v) is 3.28. The van der Waals surface area contributed by atoms with Crippen molar-refractivity contribution in [3.05, 3.63) is 52.0 Å². The van der Waals surface area contributed by atoms with Gasteiger partial charge in [-0.05, 0) is 30.3 Å². The molecule has 0 aliphatic rings. The number of rotatable bonds is 3. The molecule has 2 rings (SSSR count). The maximum atomic E-state index is 12.1. The fourth-order valence-corrected chi connectivity index (χ4v) is 1.97. The van der Waals surface area contributed by atoms with Gasteiger partial charge in [0.1, 0.15) is 11.5 Å². The molecule has 0 spiro atoms. The van der Waals surface area contributed by atoms with E-state index in [2.05, 4.69) is 5.32 Å². The van der Waals surface area contributed by atoms with Crippen molar-refractivity contribution in [1.82, 2.24) is 0 Å². The maximum Gasteiger partial charge on any atom is 0.257 e. The van der Waals surface area contributed by atoms with Crippen molar-refractivity contribution in [2.24, 2.45) is 0 Å². The van der Waals surface area contributed by atoms with Crippen molar-refractivity contribution < 1.29 is 14.6 Å². The third-order valence-electron chi connectivity index (χ3n) is 2.62. The van der Waals surface area contributed by atoms with Crippen LogP contribution >= 0.6 is 23.2 Å². The zero-order chi connectivity index (χ0) is 14.7. The summed E-state index contributed by atoms with van der Waals surface area (Å²) in [6.07, 6.45) is 0. The second-order valence-corrected chi connectivity index (χ2v) is 4.78. The molecule has 20 heavy (non-hydrogen) atoms. The highest BCUT2D eigenvalue weighted by Crippen LogP contribution is 2.28. The second-order valence-electron chi connectivity index (χ2n) is 3.96. The number of hydrogen-bond donors (Lipinski definition) is 2. The Morgan fingerprint density at radius 2 is 1.85 bits per heavy atom. The molecule has 0 atom stereocenters. The Morgan fingerprint density at radius 3 is 2.55 bits per heavy atom. The van der Waals surface area contributed by atoms with Crippen molar-refractivity contribution in [3.63, 3.8) is 0 Å². The van der Waals surface area contributed by atoms with Crippen LogP contribution in [-0.2, 0) is 0 Å². The quantitative estimate of drug-likeness (QED) is 0.902. The van der Waals surface area contributed by atoms with E-state index in [-0.39, 0.29) is 16.3 Å². The van der Waals surface area contributed by atoms with E-state index in [0.29, 0.717) is 16.5 Å². The van der Waals surface area contributed by atoms with E-state index >= 15 is 0 Å². The summed E-state index contributed by atoms with van der Waals surface area (Å²) in [6, 6.07) is 9.01. The zero-order valence-corrected chi connectivity index (χ0v) is 12.0. The number of ether oxygens (including phenoxy) is 1. The van der Waals surface area contributed by atoms with Gasteiger partial charge >= 0.3 is 0 Å². The number of nitrogens with one attached hydrogen (secondary N) is 1. The molecule has 2 aromatic carbocycles. The van der Waals surface area contributed by atoms with Gasteiger partial charge in [0.2, 0.25) is 0 Å². The Kier molecular flexibility index (Phi) is 4.37. The summed E-state index contributed by atoms with van der Waals surface area (Å²) in [5.41, 5.74) is 0.556. The molecule has 0 saturated carbocycles. The largest absolute Gasteiger partial charge is 0.508 e. The van der Waals surface area contributed by atoms with Crippen LogP contribution in [0, 0.1) is 0 Å². The molecule has 6 heteroatoms. The van der Waals surface area contributed by atoms with Gasteiger partial charge in [0, 0.05) is 6.07 Å². The molecule has 104 valence electrons. The zero-order valence-electron chi connectivity index (χ0n) is 10.5. The molecule has 1 amide bonds. The van der Waals surface area contributed by atoms with Gasteiger partial charge in [0.05, 0.1) is 28.4 Å². The number of carbonyl (C=O) groups excluding carboxylic acids is 1. The minimum atomic E-state index is -0.471. The lowest BCUT2D eigenvalue weighted by atomic mass is 10.2. The number of halogens is 2. The van der Waals surface area contributed by atoms with Crippen LogP contribution in [0.2, 0.25) is 10.0 Å². The van der Waals surface area contributed by atoms with Crippen LogP contribution in [-0.4, -0.2) is 18.1 Å². The number of methoxy groups -OCH3 is 1. The number of carbonyl (C=O) groups is 1. The highest BCUT2D eigenvalue weighted by atomic mass is 35.5. The molecule has 2 aromatic rings. The van der Waals surface area contributed by atoms with E-state index in [1.807, 2.05) is 0 Å². The summed E-state index contributed by atoms with van der Waals surface area (Å²) in [5.74, 6) is 0.0454. The van der Waals surface area contributed by atoms with Crippen LogP contribution in [0.4, 0.5) is 5.69 Å². The van der Waals surface area contributed by atoms with Crippen LogP contribution in [0.3, 0.4) is 0 Å². The van der Waals surface area contributed by atoms with Gasteiger partial charge in [-0.25, -0.2) is 0 Å². The van der Waals surface area contributed by atoms with Crippen molar-refractivity contribution in [2.75, 3.05) is 12.4 Å². The van der Waals surface area contributed by atoms with Crippen LogP contribution in [0.25, 0.3) is 0 Å². The molecule has 2 N–H and O–H groups in total. The third kappa shape index (κ3) is 3.15. The van der Waals surface area contributed by atoms with Crippen LogP contribution in [0.1, 0.15) is 10.4 Å². The first-order chi connectivity index (χ1) is 9.51. The minimum Gasteiger partial charge on any atom is -0.508 e. The molecule has 0 aliphatic carbocycles. The standard InChI is InChI=1S/C14H11Cl2NO3/c1-20-9-3-5-12(16)13(7-9)17-14(19)10-6-8(18)2-4-11(10)15/h2-7,18H,1H3,(H,17,19). The lowest BCUT2D eigenvalue weighted by molar-refractivity contribution is 0.102. The number of hydrogen-bond acceptors (Lipinski definition) is 3. The second kappa shape index (κ2) is 6.03. The van der Waals surface area contributed by atoms with Crippen molar-refractivity contribution >= 4 is 34.8 Å². The molecule has 0 radical (unpaired) electrons. The van der Waals surface area contributed by atoms with E-state index in [9.17, 15) is 9.90 Å². The summed E-state index contributed by atoms with van der Waals surface area (Å²) in [5, 5.41) is 12.6. The number of anilines is 1. The molecule has 4 nitrogen and oxygen atoms in total. The molecule has 0 saturated heterocycles. The van der Waals surface area contributed by atoms with E-state index in [0.717, 1.165) is 0 Å². The Morgan fingerprint density at radius 1 is 1.15 bits per heavy atom. The van der Waals surface area contributed by atoms with Crippen molar-refractivity contribution in [3.8, 4) is 11.5 Å². The summed E-state index contributed by atoms with van der Waals surface area (Å²) >= 11 is 11.9. The molecular formula is C14H11Cl2NO3. The SMILES string of the molecule is COc1ccc(Cl)c(NC(=O)c2cc(O)ccc2Cl)c1. The predicted octanol–water partition coefficient (Wildman–Crippen LogP) is 3.96. The van der Waals surface area contributed by atoms with Crippen LogP contribution < -0.4 is 10.1 Å².